The Labute approximate surface area is 176 Å². The number of nitrogens with two attached hydrogens (primary N) is 1. The van der Waals surface area contributed by atoms with E-state index in [1.165, 1.54) is 0 Å². The first-order valence-electron chi connectivity index (χ1n) is 9.71. The average Bonchev–Trinajstić information content (AvgIpc) is 2.74. The minimum atomic E-state index is -0.597. The number of primary amides is 1. The maximum absolute atomic E-state index is 12.9. The van der Waals surface area contributed by atoms with E-state index in [9.17, 15) is 9.59 Å². The molecule has 3 rings (SSSR count). The van der Waals surface area contributed by atoms with Gasteiger partial charge in [-0.1, -0.05) is 30.3 Å². The quantitative estimate of drug-likeness (QED) is 0.586. The number of benzene rings is 3. The summed E-state index contributed by atoms with van der Waals surface area (Å²) in [6, 6.07) is 24.0. The third-order valence-corrected chi connectivity index (χ3v) is 4.50. The fourth-order valence-corrected chi connectivity index (χ4v) is 3.13. The lowest BCUT2D eigenvalue weighted by Crippen LogP contribution is -2.40. The Morgan fingerprint density at radius 3 is 2.13 bits per heavy atom. The Morgan fingerprint density at radius 1 is 0.900 bits per heavy atom. The molecule has 0 radical (unpaired) electrons. The first-order valence-corrected chi connectivity index (χ1v) is 9.71. The maximum atomic E-state index is 12.9. The molecule has 30 heavy (non-hydrogen) atoms. The smallest absolute Gasteiger partial charge is 0.265 e. The fourth-order valence-electron chi connectivity index (χ4n) is 3.13. The van der Waals surface area contributed by atoms with Crippen molar-refractivity contribution in [1.29, 1.82) is 0 Å². The Morgan fingerprint density at radius 2 is 1.50 bits per heavy atom. The van der Waals surface area contributed by atoms with Crippen molar-refractivity contribution in [3.8, 4) is 5.75 Å². The van der Waals surface area contributed by atoms with E-state index in [0.29, 0.717) is 5.75 Å². The topological polar surface area (TPSA) is 84.7 Å². The second-order valence-electron chi connectivity index (χ2n) is 7.04. The number of nitrogens with one attached hydrogen (secondary N) is 1. The fraction of sp³-hybridized carbons (Fsp3) is 0.167. The molecule has 154 valence electrons. The molecule has 0 aliphatic heterocycles. The second kappa shape index (κ2) is 9.60. The highest BCUT2D eigenvalue weighted by Gasteiger charge is 2.20. The van der Waals surface area contributed by atoms with Crippen LogP contribution in [0.15, 0.2) is 78.9 Å². The van der Waals surface area contributed by atoms with Gasteiger partial charge in [0.15, 0.2) is 6.61 Å². The van der Waals surface area contributed by atoms with Crippen molar-refractivity contribution in [2.24, 2.45) is 5.73 Å². The third kappa shape index (κ3) is 5.17. The zero-order valence-electron chi connectivity index (χ0n) is 17.0. The highest BCUT2D eigenvalue weighted by Crippen LogP contribution is 2.23. The van der Waals surface area contributed by atoms with E-state index in [1.807, 2.05) is 68.4 Å². The van der Waals surface area contributed by atoms with E-state index in [0.717, 1.165) is 17.1 Å². The van der Waals surface area contributed by atoms with Gasteiger partial charge in [0.05, 0.1) is 5.56 Å². The van der Waals surface area contributed by atoms with Crippen molar-refractivity contribution in [1.82, 2.24) is 0 Å². The molecule has 0 aromatic heterocycles. The lowest BCUT2D eigenvalue weighted by Gasteiger charge is -2.27. The Hall–Kier alpha value is -3.80. The van der Waals surface area contributed by atoms with Gasteiger partial charge in [0.1, 0.15) is 5.75 Å². The highest BCUT2D eigenvalue weighted by molar-refractivity contribution is 5.97. The van der Waals surface area contributed by atoms with Gasteiger partial charge in [-0.05, 0) is 62.4 Å². The first kappa shape index (κ1) is 20.9. The standard InChI is InChI=1S/C24H25N3O3/c1-17(2)27(23(28)16-30-22-11-7-6-10-21(22)24(25)29)20-14-12-19(13-15-20)26-18-8-4-3-5-9-18/h3-15,17,26H,16H2,1-2H3,(H2,25,29). The van der Waals surface area contributed by atoms with E-state index in [4.69, 9.17) is 10.5 Å². The number of hydrogen-bond donors (Lipinski definition) is 2. The molecule has 0 unspecified atom stereocenters. The van der Waals surface area contributed by atoms with E-state index in [1.54, 1.807) is 29.2 Å². The molecular formula is C24H25N3O3. The summed E-state index contributed by atoms with van der Waals surface area (Å²) in [5, 5.41) is 3.32. The molecular weight excluding hydrogens is 378 g/mol. The number of ether oxygens (including phenoxy) is 1. The largest absolute Gasteiger partial charge is 0.483 e. The molecule has 0 atom stereocenters. The SMILES string of the molecule is CC(C)N(C(=O)COc1ccccc1C(N)=O)c1ccc(Nc2ccccc2)cc1. The van der Waals surface area contributed by atoms with Gasteiger partial charge >= 0.3 is 0 Å². The van der Waals surface area contributed by atoms with Crippen LogP contribution in [0.1, 0.15) is 24.2 Å². The van der Waals surface area contributed by atoms with Crippen molar-refractivity contribution in [2.75, 3.05) is 16.8 Å². The van der Waals surface area contributed by atoms with Gasteiger partial charge in [-0.25, -0.2) is 0 Å². The molecule has 0 spiro atoms. The van der Waals surface area contributed by atoms with Crippen molar-refractivity contribution >= 4 is 28.9 Å². The molecule has 0 heterocycles. The van der Waals surface area contributed by atoms with E-state index >= 15 is 0 Å². The number of hydrogen-bond acceptors (Lipinski definition) is 4. The van der Waals surface area contributed by atoms with Gasteiger partial charge in [0.25, 0.3) is 11.8 Å². The normalized spacial score (nSPS) is 10.5. The summed E-state index contributed by atoms with van der Waals surface area (Å²) >= 11 is 0. The van der Waals surface area contributed by atoms with Crippen LogP contribution in [-0.2, 0) is 4.79 Å². The van der Waals surface area contributed by atoms with Crippen LogP contribution in [0.3, 0.4) is 0 Å². The molecule has 0 fully saturated rings. The monoisotopic (exact) mass is 403 g/mol. The van der Waals surface area contributed by atoms with Crippen LogP contribution < -0.4 is 20.7 Å². The van der Waals surface area contributed by atoms with Crippen molar-refractivity contribution in [2.45, 2.75) is 19.9 Å². The molecule has 0 aliphatic carbocycles. The lowest BCUT2D eigenvalue weighted by molar-refractivity contribution is -0.120. The predicted molar refractivity (Wildman–Crippen MR) is 119 cm³/mol. The summed E-state index contributed by atoms with van der Waals surface area (Å²) in [4.78, 5) is 26.1. The van der Waals surface area contributed by atoms with Crippen LogP contribution in [0.4, 0.5) is 17.1 Å². The van der Waals surface area contributed by atoms with Crippen LogP contribution >= 0.6 is 0 Å². The molecule has 0 aliphatic rings. The molecule has 3 aromatic carbocycles. The molecule has 6 heteroatoms. The molecule has 0 saturated heterocycles. The van der Waals surface area contributed by atoms with Crippen molar-refractivity contribution < 1.29 is 14.3 Å². The van der Waals surface area contributed by atoms with Gasteiger partial charge in [0.2, 0.25) is 0 Å². The number of nitrogens with zero attached hydrogens (tertiary/aromatic N) is 1. The van der Waals surface area contributed by atoms with E-state index in [2.05, 4.69) is 5.32 Å². The Bertz CT molecular complexity index is 1000. The summed E-state index contributed by atoms with van der Waals surface area (Å²) in [5.74, 6) is -0.516. The van der Waals surface area contributed by atoms with Crippen LogP contribution in [0.25, 0.3) is 0 Å². The maximum Gasteiger partial charge on any atom is 0.265 e. The Balaban J connectivity index is 1.71. The summed E-state index contributed by atoms with van der Waals surface area (Å²) in [7, 11) is 0. The number of amides is 2. The molecule has 6 nitrogen and oxygen atoms in total. The summed E-state index contributed by atoms with van der Waals surface area (Å²) in [6.07, 6.45) is 0. The van der Waals surface area contributed by atoms with Gasteiger partial charge in [-0.3, -0.25) is 9.59 Å². The number of carbonyl (C=O) groups is 2. The second-order valence-corrected chi connectivity index (χ2v) is 7.04. The summed E-state index contributed by atoms with van der Waals surface area (Å²) < 4.78 is 5.61. The molecule has 3 aromatic rings. The molecule has 2 amide bonds. The number of para-hydroxylation sites is 2. The lowest BCUT2D eigenvalue weighted by atomic mass is 10.2. The van der Waals surface area contributed by atoms with Gasteiger partial charge in [-0.2, -0.15) is 0 Å². The molecule has 3 N–H and O–H groups in total. The van der Waals surface area contributed by atoms with E-state index < -0.39 is 5.91 Å². The van der Waals surface area contributed by atoms with Crippen LogP contribution in [0, 0.1) is 0 Å². The first-order chi connectivity index (χ1) is 14.5. The average molecular weight is 403 g/mol. The van der Waals surface area contributed by atoms with Gasteiger partial charge in [-0.15, -0.1) is 0 Å². The zero-order valence-corrected chi connectivity index (χ0v) is 17.0. The van der Waals surface area contributed by atoms with Gasteiger partial charge < -0.3 is 20.7 Å². The van der Waals surface area contributed by atoms with Crippen LogP contribution in [-0.4, -0.2) is 24.5 Å². The Kier molecular flexibility index (Phi) is 6.70. The predicted octanol–water partition coefficient (Wildman–Crippen LogP) is 4.35. The van der Waals surface area contributed by atoms with E-state index in [-0.39, 0.29) is 24.1 Å². The minimum Gasteiger partial charge on any atom is -0.483 e. The number of carbonyl (C=O) groups excluding carboxylic acids is 2. The van der Waals surface area contributed by atoms with Crippen molar-refractivity contribution in [3.05, 3.63) is 84.4 Å². The molecule has 0 saturated carbocycles. The molecule has 0 bridgehead atoms. The number of anilines is 3. The summed E-state index contributed by atoms with van der Waals surface area (Å²) in [6.45, 7) is 3.67. The third-order valence-electron chi connectivity index (χ3n) is 4.50. The summed E-state index contributed by atoms with van der Waals surface area (Å²) in [5.41, 5.74) is 8.29. The van der Waals surface area contributed by atoms with Crippen LogP contribution in [0.5, 0.6) is 5.75 Å². The number of rotatable bonds is 8. The van der Waals surface area contributed by atoms with Crippen molar-refractivity contribution in [3.63, 3.8) is 0 Å². The van der Waals surface area contributed by atoms with Gasteiger partial charge in [0, 0.05) is 23.1 Å². The zero-order chi connectivity index (χ0) is 21.5. The van der Waals surface area contributed by atoms with Crippen LogP contribution in [0.2, 0.25) is 0 Å². The highest BCUT2D eigenvalue weighted by atomic mass is 16.5. The minimum absolute atomic E-state index is 0.0691.